The second kappa shape index (κ2) is 5.75. The zero-order chi connectivity index (χ0) is 14.0. The standard InChI is InChI=1S/C13H16ClN3OS/c1-8(2)17-12(15-16-13(17)19)9(3)18-11-6-4-5-10(14)7-11/h4-9H,1-3H3,(H,16,19). The number of hydrogen-bond donors (Lipinski definition) is 1. The van der Waals surface area contributed by atoms with Crippen LogP contribution in [0.3, 0.4) is 0 Å². The molecule has 1 atom stereocenters. The number of nitrogens with zero attached hydrogens (tertiary/aromatic N) is 2. The van der Waals surface area contributed by atoms with Gasteiger partial charge in [0.15, 0.2) is 16.7 Å². The number of benzene rings is 1. The lowest BCUT2D eigenvalue weighted by molar-refractivity contribution is 0.208. The number of nitrogens with one attached hydrogen (secondary N) is 1. The van der Waals surface area contributed by atoms with Gasteiger partial charge in [0.05, 0.1) is 0 Å². The zero-order valence-electron chi connectivity index (χ0n) is 11.1. The van der Waals surface area contributed by atoms with Crippen LogP contribution in [-0.2, 0) is 0 Å². The highest BCUT2D eigenvalue weighted by Crippen LogP contribution is 2.24. The van der Waals surface area contributed by atoms with Gasteiger partial charge in [-0.15, -0.1) is 0 Å². The monoisotopic (exact) mass is 297 g/mol. The number of H-pyrrole nitrogens is 1. The van der Waals surface area contributed by atoms with E-state index >= 15 is 0 Å². The van der Waals surface area contributed by atoms with E-state index in [0.29, 0.717) is 15.5 Å². The van der Waals surface area contributed by atoms with Gasteiger partial charge < -0.3 is 4.74 Å². The molecule has 0 saturated carbocycles. The average molecular weight is 298 g/mol. The van der Waals surface area contributed by atoms with Crippen LogP contribution in [0.15, 0.2) is 24.3 Å². The van der Waals surface area contributed by atoms with E-state index in [9.17, 15) is 0 Å². The largest absolute Gasteiger partial charge is 0.483 e. The fraction of sp³-hybridized carbons (Fsp3) is 0.385. The van der Waals surface area contributed by atoms with Crippen LogP contribution in [0.1, 0.15) is 38.7 Å². The van der Waals surface area contributed by atoms with Crippen molar-refractivity contribution in [2.24, 2.45) is 0 Å². The number of halogens is 1. The lowest BCUT2D eigenvalue weighted by atomic mass is 10.3. The number of aromatic nitrogens is 3. The first-order chi connectivity index (χ1) is 8.99. The molecule has 0 radical (unpaired) electrons. The van der Waals surface area contributed by atoms with Gasteiger partial charge in [-0.2, -0.15) is 5.10 Å². The smallest absolute Gasteiger partial charge is 0.195 e. The fourth-order valence-electron chi connectivity index (χ4n) is 1.90. The van der Waals surface area contributed by atoms with Crippen LogP contribution in [-0.4, -0.2) is 14.8 Å². The van der Waals surface area contributed by atoms with Gasteiger partial charge in [0, 0.05) is 11.1 Å². The van der Waals surface area contributed by atoms with E-state index in [-0.39, 0.29) is 12.1 Å². The second-order valence-electron chi connectivity index (χ2n) is 4.57. The molecule has 0 amide bonds. The highest BCUT2D eigenvalue weighted by molar-refractivity contribution is 7.71. The molecule has 1 aromatic carbocycles. The van der Waals surface area contributed by atoms with Gasteiger partial charge in [-0.25, -0.2) is 0 Å². The summed E-state index contributed by atoms with van der Waals surface area (Å²) in [6.45, 7) is 6.05. The second-order valence-corrected chi connectivity index (χ2v) is 5.39. The third kappa shape index (κ3) is 3.16. The molecule has 1 aromatic heterocycles. The Balaban J connectivity index is 2.25. The highest BCUT2D eigenvalue weighted by Gasteiger charge is 2.17. The van der Waals surface area contributed by atoms with Crippen LogP contribution in [0.5, 0.6) is 5.75 Å². The summed E-state index contributed by atoms with van der Waals surface area (Å²) in [6, 6.07) is 7.53. The van der Waals surface area contributed by atoms with Crippen LogP contribution in [0.4, 0.5) is 0 Å². The maximum Gasteiger partial charge on any atom is 0.195 e. The Morgan fingerprint density at radius 1 is 1.37 bits per heavy atom. The molecular formula is C13H16ClN3OS. The van der Waals surface area contributed by atoms with E-state index in [4.69, 9.17) is 28.6 Å². The first-order valence-electron chi connectivity index (χ1n) is 6.08. The molecule has 1 unspecified atom stereocenters. The summed E-state index contributed by atoms with van der Waals surface area (Å²) in [5.74, 6) is 1.49. The summed E-state index contributed by atoms with van der Waals surface area (Å²) in [4.78, 5) is 0. The van der Waals surface area contributed by atoms with Gasteiger partial charge in [-0.1, -0.05) is 17.7 Å². The van der Waals surface area contributed by atoms with Crippen molar-refractivity contribution in [1.82, 2.24) is 14.8 Å². The van der Waals surface area contributed by atoms with E-state index < -0.39 is 0 Å². The quantitative estimate of drug-likeness (QED) is 0.855. The van der Waals surface area contributed by atoms with Crippen molar-refractivity contribution in [2.75, 3.05) is 0 Å². The van der Waals surface area contributed by atoms with E-state index in [1.807, 2.05) is 29.7 Å². The molecule has 6 heteroatoms. The molecule has 1 N–H and O–H groups in total. The summed E-state index contributed by atoms with van der Waals surface area (Å²) in [6.07, 6.45) is -0.214. The number of aromatic amines is 1. The van der Waals surface area contributed by atoms with Crippen LogP contribution in [0.25, 0.3) is 0 Å². The Kier molecular flexibility index (Phi) is 4.27. The van der Waals surface area contributed by atoms with E-state index in [1.54, 1.807) is 6.07 Å². The Bertz CT molecular complexity index is 620. The van der Waals surface area contributed by atoms with Gasteiger partial charge in [-0.05, 0) is 51.2 Å². The Hall–Kier alpha value is -1.33. The van der Waals surface area contributed by atoms with E-state index in [2.05, 4.69) is 24.0 Å². The molecule has 0 aliphatic heterocycles. The average Bonchev–Trinajstić information content (AvgIpc) is 2.71. The van der Waals surface area contributed by atoms with Crippen molar-refractivity contribution in [3.8, 4) is 5.75 Å². The topological polar surface area (TPSA) is 42.8 Å². The summed E-state index contributed by atoms with van der Waals surface area (Å²) in [5.41, 5.74) is 0. The van der Waals surface area contributed by atoms with Crippen molar-refractivity contribution < 1.29 is 4.74 Å². The van der Waals surface area contributed by atoms with Crippen LogP contribution < -0.4 is 4.74 Å². The number of rotatable bonds is 4. The summed E-state index contributed by atoms with van der Waals surface area (Å²) < 4.78 is 8.40. The summed E-state index contributed by atoms with van der Waals surface area (Å²) >= 11 is 11.2. The maximum absolute atomic E-state index is 5.94. The van der Waals surface area contributed by atoms with Crippen molar-refractivity contribution in [3.05, 3.63) is 39.9 Å². The molecule has 0 aliphatic rings. The van der Waals surface area contributed by atoms with Crippen molar-refractivity contribution in [2.45, 2.75) is 32.9 Å². The third-order valence-corrected chi connectivity index (χ3v) is 3.24. The molecule has 0 saturated heterocycles. The molecule has 2 aromatic rings. The molecule has 1 heterocycles. The van der Waals surface area contributed by atoms with Crippen LogP contribution in [0, 0.1) is 4.77 Å². The number of hydrogen-bond acceptors (Lipinski definition) is 3. The Morgan fingerprint density at radius 3 is 2.74 bits per heavy atom. The minimum absolute atomic E-state index is 0.214. The molecular weight excluding hydrogens is 282 g/mol. The fourth-order valence-corrected chi connectivity index (χ4v) is 2.43. The highest BCUT2D eigenvalue weighted by atomic mass is 35.5. The summed E-state index contributed by atoms with van der Waals surface area (Å²) in [5, 5.41) is 7.70. The molecule has 0 aliphatic carbocycles. The van der Waals surface area contributed by atoms with Crippen LogP contribution in [0.2, 0.25) is 5.02 Å². The SMILES string of the molecule is CC(Oc1cccc(Cl)c1)c1n[nH]c(=S)n1C(C)C. The predicted molar refractivity (Wildman–Crippen MR) is 78.3 cm³/mol. The van der Waals surface area contributed by atoms with E-state index in [0.717, 1.165) is 5.82 Å². The minimum Gasteiger partial charge on any atom is -0.483 e. The first-order valence-corrected chi connectivity index (χ1v) is 6.86. The summed E-state index contributed by atoms with van der Waals surface area (Å²) in [7, 11) is 0. The van der Waals surface area contributed by atoms with Gasteiger partial charge in [0.1, 0.15) is 5.75 Å². The maximum atomic E-state index is 5.94. The minimum atomic E-state index is -0.214. The lowest BCUT2D eigenvalue weighted by Gasteiger charge is -2.17. The molecule has 0 fully saturated rings. The molecule has 0 spiro atoms. The predicted octanol–water partition coefficient (Wildman–Crippen LogP) is 4.31. The third-order valence-electron chi connectivity index (χ3n) is 2.72. The molecule has 4 nitrogen and oxygen atoms in total. The van der Waals surface area contributed by atoms with Crippen LogP contribution >= 0.6 is 23.8 Å². The molecule has 0 bridgehead atoms. The number of ether oxygens (including phenoxy) is 1. The molecule has 2 rings (SSSR count). The molecule has 19 heavy (non-hydrogen) atoms. The van der Waals surface area contributed by atoms with Gasteiger partial charge in [0.2, 0.25) is 0 Å². The normalized spacial score (nSPS) is 12.7. The van der Waals surface area contributed by atoms with Gasteiger partial charge in [-0.3, -0.25) is 9.67 Å². The zero-order valence-corrected chi connectivity index (χ0v) is 12.6. The lowest BCUT2D eigenvalue weighted by Crippen LogP contribution is -2.13. The van der Waals surface area contributed by atoms with E-state index in [1.165, 1.54) is 0 Å². The molecule has 102 valence electrons. The Labute approximate surface area is 122 Å². The van der Waals surface area contributed by atoms with Crippen molar-refractivity contribution in [1.29, 1.82) is 0 Å². The first kappa shape index (κ1) is 14.1. The Morgan fingerprint density at radius 2 is 2.11 bits per heavy atom. The van der Waals surface area contributed by atoms with Gasteiger partial charge >= 0.3 is 0 Å². The van der Waals surface area contributed by atoms with Gasteiger partial charge in [0.25, 0.3) is 0 Å². The van der Waals surface area contributed by atoms with Crippen molar-refractivity contribution in [3.63, 3.8) is 0 Å². The van der Waals surface area contributed by atoms with Crippen molar-refractivity contribution >= 4 is 23.8 Å².